The van der Waals surface area contributed by atoms with Crippen LogP contribution in [-0.2, 0) is 0 Å². The standard InChI is InChI=1S/C10H21N/c1-4-8(2)7-10-9(3)5-6-11-10/h8-11H,4-7H2,1-3H3/t8?,9?,10-/m1/s1. The van der Waals surface area contributed by atoms with Gasteiger partial charge in [-0.25, -0.2) is 0 Å². The molecule has 0 bridgehead atoms. The molecule has 2 unspecified atom stereocenters. The number of hydrogen-bond acceptors (Lipinski definition) is 1. The van der Waals surface area contributed by atoms with Crippen molar-refractivity contribution in [1.29, 1.82) is 0 Å². The van der Waals surface area contributed by atoms with Crippen LogP contribution in [0.15, 0.2) is 0 Å². The first kappa shape index (κ1) is 9.05. The molecular weight excluding hydrogens is 134 g/mol. The summed E-state index contributed by atoms with van der Waals surface area (Å²) in [5.41, 5.74) is 0. The zero-order chi connectivity index (χ0) is 8.27. The Morgan fingerprint density at radius 2 is 2.27 bits per heavy atom. The molecular formula is C10H21N. The lowest BCUT2D eigenvalue weighted by Gasteiger charge is -2.19. The molecule has 0 saturated carbocycles. The lowest BCUT2D eigenvalue weighted by Crippen LogP contribution is -2.27. The van der Waals surface area contributed by atoms with E-state index in [1.807, 2.05) is 0 Å². The molecule has 3 atom stereocenters. The monoisotopic (exact) mass is 155 g/mol. The Bertz CT molecular complexity index is 111. The first-order valence-electron chi connectivity index (χ1n) is 4.97. The van der Waals surface area contributed by atoms with Gasteiger partial charge in [0.2, 0.25) is 0 Å². The minimum Gasteiger partial charge on any atom is -0.314 e. The zero-order valence-electron chi connectivity index (χ0n) is 8.06. The maximum atomic E-state index is 3.57. The maximum Gasteiger partial charge on any atom is 0.00957 e. The summed E-state index contributed by atoms with van der Waals surface area (Å²) in [5, 5.41) is 3.57. The SMILES string of the molecule is CCC(C)C[C@H]1NCCC1C. The van der Waals surface area contributed by atoms with Gasteiger partial charge in [0.05, 0.1) is 0 Å². The molecule has 1 fully saturated rings. The average molecular weight is 155 g/mol. The normalized spacial score (nSPS) is 34.1. The summed E-state index contributed by atoms with van der Waals surface area (Å²) >= 11 is 0. The summed E-state index contributed by atoms with van der Waals surface area (Å²) in [6, 6.07) is 0.810. The van der Waals surface area contributed by atoms with Crippen molar-refractivity contribution in [1.82, 2.24) is 5.32 Å². The lowest BCUT2D eigenvalue weighted by atomic mass is 9.92. The summed E-state index contributed by atoms with van der Waals surface area (Å²) in [5.74, 6) is 1.80. The predicted octanol–water partition coefficient (Wildman–Crippen LogP) is 2.42. The van der Waals surface area contributed by atoms with Crippen LogP contribution in [0.4, 0.5) is 0 Å². The first-order valence-corrected chi connectivity index (χ1v) is 4.97. The van der Waals surface area contributed by atoms with Crippen molar-refractivity contribution in [3.05, 3.63) is 0 Å². The van der Waals surface area contributed by atoms with E-state index in [1.165, 1.54) is 25.8 Å². The van der Waals surface area contributed by atoms with Crippen molar-refractivity contribution >= 4 is 0 Å². The van der Waals surface area contributed by atoms with Gasteiger partial charge >= 0.3 is 0 Å². The van der Waals surface area contributed by atoms with Crippen LogP contribution in [0.2, 0.25) is 0 Å². The largest absolute Gasteiger partial charge is 0.314 e. The predicted molar refractivity (Wildman–Crippen MR) is 49.6 cm³/mol. The summed E-state index contributed by atoms with van der Waals surface area (Å²) in [7, 11) is 0. The highest BCUT2D eigenvalue weighted by Crippen LogP contribution is 2.21. The van der Waals surface area contributed by atoms with E-state index < -0.39 is 0 Å². The van der Waals surface area contributed by atoms with Gasteiger partial charge in [-0.3, -0.25) is 0 Å². The van der Waals surface area contributed by atoms with Gasteiger partial charge in [-0.1, -0.05) is 27.2 Å². The summed E-state index contributed by atoms with van der Waals surface area (Å²) in [4.78, 5) is 0. The van der Waals surface area contributed by atoms with E-state index in [1.54, 1.807) is 0 Å². The fourth-order valence-electron chi connectivity index (χ4n) is 1.81. The molecule has 1 N–H and O–H groups in total. The third kappa shape index (κ3) is 2.48. The van der Waals surface area contributed by atoms with Crippen LogP contribution < -0.4 is 5.32 Å². The van der Waals surface area contributed by atoms with Crippen LogP contribution in [0.3, 0.4) is 0 Å². The summed E-state index contributed by atoms with van der Waals surface area (Å²) in [6.45, 7) is 8.24. The van der Waals surface area contributed by atoms with Crippen molar-refractivity contribution < 1.29 is 0 Å². The molecule has 1 heterocycles. The maximum absolute atomic E-state index is 3.57. The topological polar surface area (TPSA) is 12.0 Å². The fraction of sp³-hybridized carbons (Fsp3) is 1.00. The van der Waals surface area contributed by atoms with Crippen molar-refractivity contribution in [3.63, 3.8) is 0 Å². The third-order valence-electron chi connectivity index (χ3n) is 3.05. The second-order valence-corrected chi connectivity index (χ2v) is 4.08. The van der Waals surface area contributed by atoms with E-state index in [-0.39, 0.29) is 0 Å². The Kier molecular flexibility index (Phi) is 3.38. The van der Waals surface area contributed by atoms with Crippen molar-refractivity contribution in [2.45, 2.75) is 46.1 Å². The molecule has 0 amide bonds. The van der Waals surface area contributed by atoms with Crippen LogP contribution in [0.5, 0.6) is 0 Å². The quantitative estimate of drug-likeness (QED) is 0.660. The van der Waals surface area contributed by atoms with Crippen molar-refractivity contribution in [2.24, 2.45) is 11.8 Å². The van der Waals surface area contributed by atoms with Gasteiger partial charge in [-0.05, 0) is 31.2 Å². The zero-order valence-corrected chi connectivity index (χ0v) is 8.06. The van der Waals surface area contributed by atoms with E-state index in [0.717, 1.165) is 17.9 Å². The molecule has 1 aliphatic rings. The highest BCUT2D eigenvalue weighted by atomic mass is 14.9. The fourth-order valence-corrected chi connectivity index (χ4v) is 1.81. The molecule has 1 aliphatic heterocycles. The Hall–Kier alpha value is -0.0400. The van der Waals surface area contributed by atoms with E-state index in [2.05, 4.69) is 26.1 Å². The summed E-state index contributed by atoms with van der Waals surface area (Å²) < 4.78 is 0. The lowest BCUT2D eigenvalue weighted by molar-refractivity contribution is 0.374. The second kappa shape index (κ2) is 4.10. The molecule has 0 aromatic rings. The molecule has 1 saturated heterocycles. The molecule has 0 spiro atoms. The average Bonchev–Trinajstić information content (AvgIpc) is 2.37. The smallest absolute Gasteiger partial charge is 0.00957 e. The van der Waals surface area contributed by atoms with Crippen LogP contribution in [0.1, 0.15) is 40.0 Å². The molecule has 11 heavy (non-hydrogen) atoms. The van der Waals surface area contributed by atoms with Gasteiger partial charge in [0.25, 0.3) is 0 Å². The van der Waals surface area contributed by atoms with Crippen LogP contribution >= 0.6 is 0 Å². The first-order chi connectivity index (χ1) is 5.24. The Balaban J connectivity index is 2.24. The minimum atomic E-state index is 0.810. The Morgan fingerprint density at radius 3 is 2.73 bits per heavy atom. The molecule has 1 nitrogen and oxygen atoms in total. The van der Waals surface area contributed by atoms with Crippen LogP contribution in [0, 0.1) is 11.8 Å². The molecule has 0 radical (unpaired) electrons. The van der Waals surface area contributed by atoms with E-state index >= 15 is 0 Å². The second-order valence-electron chi connectivity index (χ2n) is 4.08. The molecule has 1 rings (SSSR count). The van der Waals surface area contributed by atoms with Crippen LogP contribution in [-0.4, -0.2) is 12.6 Å². The number of hydrogen-bond donors (Lipinski definition) is 1. The van der Waals surface area contributed by atoms with E-state index in [0.29, 0.717) is 0 Å². The van der Waals surface area contributed by atoms with Gasteiger partial charge in [0.15, 0.2) is 0 Å². The molecule has 1 heteroatoms. The van der Waals surface area contributed by atoms with E-state index in [9.17, 15) is 0 Å². The van der Waals surface area contributed by atoms with Gasteiger partial charge in [-0.15, -0.1) is 0 Å². The molecule has 66 valence electrons. The third-order valence-corrected chi connectivity index (χ3v) is 3.05. The minimum absolute atomic E-state index is 0.810. The van der Waals surface area contributed by atoms with Gasteiger partial charge < -0.3 is 5.32 Å². The Labute approximate surface area is 70.6 Å². The van der Waals surface area contributed by atoms with Crippen molar-refractivity contribution in [3.8, 4) is 0 Å². The van der Waals surface area contributed by atoms with Gasteiger partial charge in [0, 0.05) is 6.04 Å². The molecule has 0 aromatic heterocycles. The number of rotatable bonds is 3. The highest BCUT2D eigenvalue weighted by molar-refractivity contribution is 4.81. The Morgan fingerprint density at radius 1 is 1.55 bits per heavy atom. The van der Waals surface area contributed by atoms with Crippen molar-refractivity contribution in [2.75, 3.05) is 6.54 Å². The number of nitrogens with one attached hydrogen (secondary N) is 1. The van der Waals surface area contributed by atoms with Gasteiger partial charge in [0.1, 0.15) is 0 Å². The van der Waals surface area contributed by atoms with E-state index in [4.69, 9.17) is 0 Å². The molecule has 0 aromatic carbocycles. The van der Waals surface area contributed by atoms with Crippen LogP contribution in [0.25, 0.3) is 0 Å². The highest BCUT2D eigenvalue weighted by Gasteiger charge is 2.23. The van der Waals surface area contributed by atoms with Gasteiger partial charge in [-0.2, -0.15) is 0 Å². The molecule has 0 aliphatic carbocycles. The summed E-state index contributed by atoms with van der Waals surface area (Å²) in [6.07, 6.45) is 4.07.